The Morgan fingerprint density at radius 1 is 1.45 bits per heavy atom. The average molecular weight is 282 g/mol. The fourth-order valence-electron chi connectivity index (χ4n) is 2.83. The molecule has 1 aliphatic heterocycles. The molecule has 1 aliphatic rings. The molecule has 3 atom stereocenters. The lowest BCUT2D eigenvalue weighted by Gasteiger charge is -2.37. The van der Waals surface area contributed by atoms with E-state index in [1.54, 1.807) is 0 Å². The van der Waals surface area contributed by atoms with Crippen LogP contribution in [0.3, 0.4) is 0 Å². The van der Waals surface area contributed by atoms with Gasteiger partial charge in [-0.15, -0.1) is 0 Å². The number of nitrogens with zero attached hydrogens (tertiary/aromatic N) is 2. The second kappa shape index (κ2) is 7.11. The van der Waals surface area contributed by atoms with Crippen molar-refractivity contribution >= 4 is 0 Å². The third-order valence-electron chi connectivity index (χ3n) is 4.07. The molecule has 112 valence electrons. The van der Waals surface area contributed by atoms with E-state index in [9.17, 15) is 14.6 Å². The molecule has 0 spiro atoms. The van der Waals surface area contributed by atoms with E-state index in [1.807, 2.05) is 6.92 Å². The Balaban J connectivity index is 1.96. The van der Waals surface area contributed by atoms with Crippen molar-refractivity contribution in [1.82, 2.24) is 9.88 Å². The highest BCUT2D eigenvalue weighted by atomic mass is 19.1. The molecular formula is C15H23FN2O2. The van der Waals surface area contributed by atoms with E-state index < -0.39 is 11.9 Å². The first-order valence-corrected chi connectivity index (χ1v) is 7.26. The van der Waals surface area contributed by atoms with E-state index >= 15 is 0 Å². The number of halogens is 1. The molecule has 20 heavy (non-hydrogen) atoms. The van der Waals surface area contributed by atoms with Crippen LogP contribution in [0.5, 0.6) is 0 Å². The van der Waals surface area contributed by atoms with Gasteiger partial charge >= 0.3 is 0 Å². The van der Waals surface area contributed by atoms with E-state index in [1.165, 1.54) is 12.1 Å². The van der Waals surface area contributed by atoms with Crippen LogP contribution in [-0.2, 0) is 0 Å². The molecule has 0 aromatic carbocycles. The average Bonchev–Trinajstić information content (AvgIpc) is 2.48. The topological polar surface area (TPSA) is 56.6 Å². The third kappa shape index (κ3) is 3.75. The number of hydrogen-bond donors (Lipinski definition) is 2. The van der Waals surface area contributed by atoms with Crippen molar-refractivity contribution < 1.29 is 14.6 Å². The lowest BCUT2D eigenvalue weighted by atomic mass is 9.96. The van der Waals surface area contributed by atoms with Crippen LogP contribution < -0.4 is 0 Å². The van der Waals surface area contributed by atoms with E-state index in [0.717, 1.165) is 32.0 Å². The molecule has 3 unspecified atom stereocenters. The van der Waals surface area contributed by atoms with Crippen molar-refractivity contribution in [1.29, 1.82) is 0 Å². The molecule has 2 N–H and O–H groups in total. The zero-order chi connectivity index (χ0) is 14.5. The minimum Gasteiger partial charge on any atom is -0.395 e. The minimum atomic E-state index is -0.711. The summed E-state index contributed by atoms with van der Waals surface area (Å²) >= 11 is 0. The summed E-state index contributed by atoms with van der Waals surface area (Å²) < 4.78 is 12.8. The zero-order valence-electron chi connectivity index (χ0n) is 11.9. The monoisotopic (exact) mass is 282 g/mol. The summed E-state index contributed by atoms with van der Waals surface area (Å²) in [6, 6.07) is 3.03. The summed E-state index contributed by atoms with van der Waals surface area (Å²) in [7, 11) is 0. The largest absolute Gasteiger partial charge is 0.395 e. The van der Waals surface area contributed by atoms with Gasteiger partial charge in [-0.1, -0.05) is 13.3 Å². The number of rotatable bonds is 5. The van der Waals surface area contributed by atoms with Crippen LogP contribution in [0.2, 0.25) is 0 Å². The van der Waals surface area contributed by atoms with Gasteiger partial charge in [-0.2, -0.15) is 0 Å². The van der Waals surface area contributed by atoms with Crippen LogP contribution in [0.25, 0.3) is 0 Å². The predicted octanol–water partition coefficient (Wildman–Crippen LogP) is 1.74. The lowest BCUT2D eigenvalue weighted by Crippen LogP contribution is -2.44. The molecule has 5 heteroatoms. The fourth-order valence-corrected chi connectivity index (χ4v) is 2.83. The first kappa shape index (κ1) is 15.4. The molecule has 1 fully saturated rings. The van der Waals surface area contributed by atoms with Crippen LogP contribution in [0.4, 0.5) is 4.39 Å². The van der Waals surface area contributed by atoms with Gasteiger partial charge in [-0.25, -0.2) is 4.39 Å². The summed E-state index contributed by atoms with van der Waals surface area (Å²) in [4.78, 5) is 6.18. The second-order valence-electron chi connectivity index (χ2n) is 5.65. The maximum atomic E-state index is 12.8. The van der Waals surface area contributed by atoms with Crippen molar-refractivity contribution in [2.75, 3.05) is 19.7 Å². The van der Waals surface area contributed by atoms with Gasteiger partial charge in [-0.05, 0) is 31.5 Å². The van der Waals surface area contributed by atoms with Crippen LogP contribution in [0.1, 0.15) is 38.0 Å². The predicted molar refractivity (Wildman–Crippen MR) is 74.6 cm³/mol. The van der Waals surface area contributed by atoms with Gasteiger partial charge in [0.05, 0.1) is 24.6 Å². The molecule has 2 rings (SSSR count). The molecule has 0 amide bonds. The van der Waals surface area contributed by atoms with Crippen LogP contribution >= 0.6 is 0 Å². The van der Waals surface area contributed by atoms with Crippen molar-refractivity contribution in [3.8, 4) is 0 Å². The summed E-state index contributed by atoms with van der Waals surface area (Å²) in [5.41, 5.74) is 0.497. The highest BCUT2D eigenvalue weighted by Gasteiger charge is 2.26. The Morgan fingerprint density at radius 3 is 2.90 bits per heavy atom. The number of pyridine rings is 1. The molecule has 0 radical (unpaired) electrons. The fraction of sp³-hybridized carbons (Fsp3) is 0.667. The Labute approximate surface area is 119 Å². The van der Waals surface area contributed by atoms with Crippen molar-refractivity contribution in [3.05, 3.63) is 29.8 Å². The van der Waals surface area contributed by atoms with Gasteiger partial charge in [-0.3, -0.25) is 9.88 Å². The maximum absolute atomic E-state index is 12.8. The summed E-state index contributed by atoms with van der Waals surface area (Å²) in [6.07, 6.45) is 3.71. The SMILES string of the molecule is CC(CN1CCCCC1CO)C(O)c1ccc(F)cn1. The van der Waals surface area contributed by atoms with Crippen molar-refractivity contribution in [2.24, 2.45) is 5.92 Å². The van der Waals surface area contributed by atoms with Gasteiger partial charge < -0.3 is 10.2 Å². The number of aliphatic hydroxyl groups is 2. The smallest absolute Gasteiger partial charge is 0.141 e. The number of piperidine rings is 1. The Hall–Kier alpha value is -1.04. The summed E-state index contributed by atoms with van der Waals surface area (Å²) in [6.45, 7) is 3.79. The highest BCUT2D eigenvalue weighted by Crippen LogP contribution is 2.24. The number of likely N-dealkylation sites (tertiary alicyclic amines) is 1. The van der Waals surface area contributed by atoms with Crippen LogP contribution in [0.15, 0.2) is 18.3 Å². The van der Waals surface area contributed by atoms with Crippen LogP contribution in [-0.4, -0.2) is 45.8 Å². The third-order valence-corrected chi connectivity index (χ3v) is 4.07. The first-order valence-electron chi connectivity index (χ1n) is 7.26. The molecule has 1 aromatic heterocycles. The molecular weight excluding hydrogens is 259 g/mol. The standard InChI is InChI=1S/C15H23FN2O2/c1-11(9-18-7-3-2-4-13(18)10-19)15(20)14-6-5-12(16)8-17-14/h5-6,8,11,13,15,19-20H,2-4,7,9-10H2,1H3. The molecule has 2 heterocycles. The van der Waals surface area contributed by atoms with Gasteiger partial charge in [0.25, 0.3) is 0 Å². The first-order chi connectivity index (χ1) is 9.61. The van der Waals surface area contributed by atoms with E-state index in [0.29, 0.717) is 12.2 Å². The van der Waals surface area contributed by atoms with Gasteiger partial charge in [0, 0.05) is 18.5 Å². The Morgan fingerprint density at radius 2 is 2.25 bits per heavy atom. The van der Waals surface area contributed by atoms with Crippen LogP contribution in [0, 0.1) is 11.7 Å². The molecule has 0 saturated carbocycles. The number of aromatic nitrogens is 1. The summed E-state index contributed by atoms with van der Waals surface area (Å²) in [5, 5.41) is 19.7. The maximum Gasteiger partial charge on any atom is 0.141 e. The molecule has 0 bridgehead atoms. The number of aliphatic hydroxyl groups excluding tert-OH is 2. The quantitative estimate of drug-likeness (QED) is 0.863. The minimum absolute atomic E-state index is 0.0138. The van der Waals surface area contributed by atoms with Crippen molar-refractivity contribution in [3.63, 3.8) is 0 Å². The normalized spacial score (nSPS) is 23.5. The van der Waals surface area contributed by atoms with Crippen molar-refractivity contribution in [2.45, 2.75) is 38.3 Å². The molecule has 4 nitrogen and oxygen atoms in total. The zero-order valence-corrected chi connectivity index (χ0v) is 11.9. The molecule has 0 aliphatic carbocycles. The van der Waals surface area contributed by atoms with Gasteiger partial charge in [0.1, 0.15) is 5.82 Å². The second-order valence-corrected chi connectivity index (χ2v) is 5.65. The highest BCUT2D eigenvalue weighted by molar-refractivity contribution is 5.09. The summed E-state index contributed by atoms with van der Waals surface area (Å²) in [5.74, 6) is -0.412. The van der Waals surface area contributed by atoms with E-state index in [2.05, 4.69) is 9.88 Å². The van der Waals surface area contributed by atoms with E-state index in [-0.39, 0.29) is 18.6 Å². The molecule has 1 aromatic rings. The Bertz CT molecular complexity index is 413. The number of hydrogen-bond acceptors (Lipinski definition) is 4. The molecule has 1 saturated heterocycles. The Kier molecular flexibility index (Phi) is 5.46. The van der Waals surface area contributed by atoms with Gasteiger partial charge in [0.15, 0.2) is 0 Å². The van der Waals surface area contributed by atoms with Gasteiger partial charge in [0.2, 0.25) is 0 Å². The lowest BCUT2D eigenvalue weighted by molar-refractivity contribution is 0.0385. The van der Waals surface area contributed by atoms with E-state index in [4.69, 9.17) is 0 Å².